The standard InChI is InChI=1S/C21H24N2O7S/c1-13-9-15(7-8-16(13)18-11-19(24)23-31(18,28)29)10-17(20(25)26)22-21(27)30-12-14-5-3-2-4-6-14/h2-9,17-18,28-29H,10-12H2,1H3,(H,22,27)(H,23,24)(H,25,26)/t17-,18?/m0/s1. The van der Waals surface area contributed by atoms with E-state index in [1.807, 2.05) is 6.07 Å². The topological polar surface area (TPSA) is 145 Å². The Hall–Kier alpha value is -3.08. The van der Waals surface area contributed by atoms with Crippen molar-refractivity contribution in [3.8, 4) is 0 Å². The predicted octanol–water partition coefficient (Wildman–Crippen LogP) is 3.14. The number of amides is 2. The molecular formula is C21H24N2O7S. The number of carbonyl (C=O) groups excluding carboxylic acids is 2. The molecule has 0 bridgehead atoms. The lowest BCUT2D eigenvalue weighted by Crippen LogP contribution is -2.42. The van der Waals surface area contributed by atoms with Gasteiger partial charge < -0.3 is 15.2 Å². The Morgan fingerprint density at radius 1 is 1.19 bits per heavy atom. The fourth-order valence-corrected chi connectivity index (χ4v) is 4.98. The summed E-state index contributed by atoms with van der Waals surface area (Å²) in [5, 5.41) is 11.1. The molecule has 2 amide bonds. The van der Waals surface area contributed by atoms with Crippen molar-refractivity contribution in [3.05, 3.63) is 70.8 Å². The third-order valence-electron chi connectivity index (χ3n) is 4.96. The molecule has 0 saturated carbocycles. The van der Waals surface area contributed by atoms with Crippen molar-refractivity contribution in [1.82, 2.24) is 10.0 Å². The van der Waals surface area contributed by atoms with Crippen LogP contribution in [-0.4, -0.2) is 38.2 Å². The number of benzene rings is 2. The first-order chi connectivity index (χ1) is 14.7. The fourth-order valence-electron chi connectivity index (χ4n) is 3.42. The van der Waals surface area contributed by atoms with Gasteiger partial charge in [-0.15, -0.1) is 10.8 Å². The minimum Gasteiger partial charge on any atom is -0.480 e. The molecule has 31 heavy (non-hydrogen) atoms. The van der Waals surface area contributed by atoms with Crippen LogP contribution in [0, 0.1) is 6.92 Å². The lowest BCUT2D eigenvalue weighted by molar-refractivity contribution is -0.139. The van der Waals surface area contributed by atoms with Crippen molar-refractivity contribution < 1.29 is 33.3 Å². The number of aliphatic carboxylic acids is 1. The van der Waals surface area contributed by atoms with Gasteiger partial charge in [0.2, 0.25) is 5.91 Å². The second-order valence-corrected chi connectivity index (χ2v) is 9.26. The van der Waals surface area contributed by atoms with E-state index in [1.54, 1.807) is 49.4 Å². The maximum atomic E-state index is 12.0. The quantitative estimate of drug-likeness (QED) is 0.437. The monoisotopic (exact) mass is 448 g/mol. The molecule has 1 heterocycles. The average molecular weight is 448 g/mol. The summed E-state index contributed by atoms with van der Waals surface area (Å²) in [4.78, 5) is 35.2. The molecule has 1 fully saturated rings. The number of carbonyl (C=O) groups is 3. The number of hydrogen-bond acceptors (Lipinski definition) is 6. The molecule has 2 aromatic rings. The van der Waals surface area contributed by atoms with E-state index in [0.29, 0.717) is 16.7 Å². The van der Waals surface area contributed by atoms with Gasteiger partial charge in [-0.25, -0.2) is 9.59 Å². The SMILES string of the molecule is Cc1cc(C[C@H](NC(=O)OCc2ccccc2)C(=O)O)ccc1C1CC(=O)NS1(O)O. The molecule has 10 heteroatoms. The van der Waals surface area contributed by atoms with E-state index < -0.39 is 40.0 Å². The van der Waals surface area contributed by atoms with Gasteiger partial charge in [-0.3, -0.25) is 18.6 Å². The van der Waals surface area contributed by atoms with Gasteiger partial charge >= 0.3 is 12.1 Å². The molecule has 0 spiro atoms. The average Bonchev–Trinajstić information content (AvgIpc) is 2.98. The number of carboxylic acids is 1. The summed E-state index contributed by atoms with van der Waals surface area (Å²) in [5.41, 5.74) is 2.70. The minimum atomic E-state index is -3.27. The van der Waals surface area contributed by atoms with Gasteiger partial charge in [0.15, 0.2) is 0 Å². The van der Waals surface area contributed by atoms with Crippen molar-refractivity contribution in [2.45, 2.75) is 37.7 Å². The predicted molar refractivity (Wildman–Crippen MR) is 114 cm³/mol. The summed E-state index contributed by atoms with van der Waals surface area (Å²) in [6.45, 7) is 1.77. The van der Waals surface area contributed by atoms with E-state index in [4.69, 9.17) is 4.74 Å². The largest absolute Gasteiger partial charge is 0.480 e. The first-order valence-electron chi connectivity index (χ1n) is 9.53. The van der Waals surface area contributed by atoms with Crippen LogP contribution >= 0.6 is 10.8 Å². The molecule has 166 valence electrons. The van der Waals surface area contributed by atoms with E-state index in [0.717, 1.165) is 5.56 Å². The van der Waals surface area contributed by atoms with Crippen LogP contribution in [0.4, 0.5) is 4.79 Å². The van der Waals surface area contributed by atoms with Gasteiger partial charge in [0.05, 0.1) is 6.42 Å². The van der Waals surface area contributed by atoms with Crippen LogP contribution in [-0.2, 0) is 27.4 Å². The van der Waals surface area contributed by atoms with Gasteiger partial charge in [0.25, 0.3) is 0 Å². The summed E-state index contributed by atoms with van der Waals surface area (Å²) in [6.07, 6.45) is -0.863. The highest BCUT2D eigenvalue weighted by atomic mass is 32.3. The lowest BCUT2D eigenvalue weighted by atomic mass is 9.97. The first-order valence-corrected chi connectivity index (χ1v) is 11.1. The van der Waals surface area contributed by atoms with Crippen molar-refractivity contribution in [3.63, 3.8) is 0 Å². The molecule has 2 aromatic carbocycles. The molecule has 0 aromatic heterocycles. The highest BCUT2D eigenvalue weighted by molar-refractivity contribution is 8.23. The van der Waals surface area contributed by atoms with Crippen LogP contribution < -0.4 is 10.0 Å². The molecule has 1 aliphatic heterocycles. The summed E-state index contributed by atoms with van der Waals surface area (Å²) in [7, 11) is -3.27. The van der Waals surface area contributed by atoms with Gasteiger partial charge in [-0.2, -0.15) is 0 Å². The highest BCUT2D eigenvalue weighted by Crippen LogP contribution is 2.56. The van der Waals surface area contributed by atoms with Crippen LogP contribution in [0.3, 0.4) is 0 Å². The molecule has 1 unspecified atom stereocenters. The molecule has 1 saturated heterocycles. The molecular weight excluding hydrogens is 424 g/mol. The van der Waals surface area contributed by atoms with Gasteiger partial charge in [-0.05, 0) is 29.2 Å². The molecule has 9 nitrogen and oxygen atoms in total. The molecule has 0 radical (unpaired) electrons. The van der Waals surface area contributed by atoms with E-state index in [1.165, 1.54) is 0 Å². The highest BCUT2D eigenvalue weighted by Gasteiger charge is 2.38. The Labute approximate surface area is 180 Å². The number of ether oxygens (including phenoxy) is 1. The Bertz CT molecular complexity index is 981. The third-order valence-corrected chi connectivity index (χ3v) is 6.70. The van der Waals surface area contributed by atoms with Crippen LogP contribution in [0.2, 0.25) is 0 Å². The Morgan fingerprint density at radius 3 is 2.48 bits per heavy atom. The zero-order valence-electron chi connectivity index (χ0n) is 16.8. The lowest BCUT2D eigenvalue weighted by Gasteiger charge is -2.33. The van der Waals surface area contributed by atoms with E-state index in [2.05, 4.69) is 10.0 Å². The van der Waals surface area contributed by atoms with E-state index in [9.17, 15) is 28.6 Å². The van der Waals surface area contributed by atoms with E-state index in [-0.39, 0.29) is 19.4 Å². The fraction of sp³-hybridized carbons (Fsp3) is 0.286. The Kier molecular flexibility index (Phi) is 6.84. The van der Waals surface area contributed by atoms with Crippen molar-refractivity contribution in [2.75, 3.05) is 0 Å². The van der Waals surface area contributed by atoms with Gasteiger partial charge in [-0.1, -0.05) is 48.5 Å². The zero-order chi connectivity index (χ0) is 22.6. The van der Waals surface area contributed by atoms with Gasteiger partial charge in [0.1, 0.15) is 17.9 Å². The summed E-state index contributed by atoms with van der Waals surface area (Å²) in [6, 6.07) is 12.8. The van der Waals surface area contributed by atoms with E-state index >= 15 is 0 Å². The Morgan fingerprint density at radius 2 is 1.90 bits per heavy atom. The maximum absolute atomic E-state index is 12.0. The zero-order valence-corrected chi connectivity index (χ0v) is 17.6. The summed E-state index contributed by atoms with van der Waals surface area (Å²) in [5.74, 6) is -1.64. The van der Waals surface area contributed by atoms with Crippen LogP contribution in [0.1, 0.15) is 33.9 Å². The summed E-state index contributed by atoms with van der Waals surface area (Å²) >= 11 is 0. The second kappa shape index (κ2) is 9.38. The van der Waals surface area contributed by atoms with Crippen molar-refractivity contribution in [1.29, 1.82) is 0 Å². The molecule has 3 rings (SSSR count). The maximum Gasteiger partial charge on any atom is 0.408 e. The van der Waals surface area contributed by atoms with Crippen LogP contribution in [0.5, 0.6) is 0 Å². The molecule has 2 atom stereocenters. The number of hydrogen-bond donors (Lipinski definition) is 5. The number of alkyl carbamates (subject to hydrolysis) is 1. The third kappa shape index (κ3) is 5.75. The van der Waals surface area contributed by atoms with Crippen molar-refractivity contribution >= 4 is 28.7 Å². The second-order valence-electron chi connectivity index (χ2n) is 7.30. The number of rotatable bonds is 7. The molecule has 5 N–H and O–H groups in total. The number of carboxylic acid groups (broad SMARTS) is 1. The summed E-state index contributed by atoms with van der Waals surface area (Å²) < 4.78 is 27.5. The number of aryl methyl sites for hydroxylation is 1. The normalized spacial score (nSPS) is 19.2. The first kappa shape index (κ1) is 22.6. The van der Waals surface area contributed by atoms with Gasteiger partial charge in [0, 0.05) is 6.42 Å². The molecule has 0 aliphatic carbocycles. The number of nitrogens with one attached hydrogen (secondary N) is 2. The molecule has 1 aliphatic rings. The van der Waals surface area contributed by atoms with Crippen LogP contribution in [0.25, 0.3) is 0 Å². The minimum absolute atomic E-state index is 0.00892. The Balaban J connectivity index is 1.64. The smallest absolute Gasteiger partial charge is 0.408 e. The van der Waals surface area contributed by atoms with Crippen molar-refractivity contribution in [2.24, 2.45) is 0 Å². The van der Waals surface area contributed by atoms with Crippen LogP contribution in [0.15, 0.2) is 48.5 Å².